The van der Waals surface area contributed by atoms with Gasteiger partial charge in [-0.3, -0.25) is 5.43 Å². The maximum Gasteiger partial charge on any atom is 0.184 e. The van der Waals surface area contributed by atoms with Crippen LogP contribution in [0.5, 0.6) is 0 Å². The molecule has 0 spiro atoms. The van der Waals surface area contributed by atoms with Crippen molar-refractivity contribution in [1.82, 2.24) is 5.43 Å². The molecule has 0 aromatic heterocycles. The average Bonchev–Trinajstić information content (AvgIpc) is 2.18. The molecule has 0 atom stereocenters. The summed E-state index contributed by atoms with van der Waals surface area (Å²) in [4.78, 5) is 0.0958. The van der Waals surface area contributed by atoms with E-state index in [4.69, 9.17) is 17.3 Å². The van der Waals surface area contributed by atoms with Crippen LogP contribution in [-0.2, 0) is 9.84 Å². The van der Waals surface area contributed by atoms with Crippen LogP contribution in [0.2, 0.25) is 5.02 Å². The normalized spacial score (nSPS) is 11.6. The summed E-state index contributed by atoms with van der Waals surface area (Å²) < 4.78 is 23.0. The average molecular weight is 292 g/mol. The number of thiocarbonyl (C=S) groups is 1. The smallest absolute Gasteiger partial charge is 0.184 e. The van der Waals surface area contributed by atoms with E-state index in [0.29, 0.717) is 10.6 Å². The van der Waals surface area contributed by atoms with Crippen molar-refractivity contribution in [1.29, 1.82) is 0 Å². The molecule has 0 heterocycles. The fourth-order valence-electron chi connectivity index (χ4n) is 1.10. The predicted molar refractivity (Wildman–Crippen MR) is 72.1 cm³/mol. The van der Waals surface area contributed by atoms with E-state index >= 15 is 0 Å². The van der Waals surface area contributed by atoms with Gasteiger partial charge in [0.25, 0.3) is 0 Å². The molecule has 0 unspecified atom stereocenters. The first kappa shape index (κ1) is 13.9. The summed E-state index contributed by atoms with van der Waals surface area (Å²) in [6.45, 7) is 0. The molecule has 1 aromatic rings. The highest BCUT2D eigenvalue weighted by molar-refractivity contribution is 7.90. The molecule has 1 rings (SSSR count). The van der Waals surface area contributed by atoms with Crippen molar-refractivity contribution in [2.45, 2.75) is 4.90 Å². The monoisotopic (exact) mass is 291 g/mol. The fraction of sp³-hybridized carbons (Fsp3) is 0.111. The SMILES string of the molecule is CS(=O)(=O)c1cc(Cl)ccc1C=NNC(N)=S. The van der Waals surface area contributed by atoms with Gasteiger partial charge in [-0.25, -0.2) is 8.42 Å². The Morgan fingerprint density at radius 2 is 2.24 bits per heavy atom. The largest absolute Gasteiger partial charge is 0.375 e. The van der Waals surface area contributed by atoms with E-state index in [2.05, 4.69) is 22.7 Å². The van der Waals surface area contributed by atoms with Crippen LogP contribution in [0.4, 0.5) is 0 Å². The second-order valence-corrected chi connectivity index (χ2v) is 6.05. The number of benzene rings is 1. The second kappa shape index (κ2) is 5.44. The molecule has 0 aliphatic heterocycles. The first-order valence-corrected chi connectivity index (χ1v) is 7.06. The van der Waals surface area contributed by atoms with E-state index in [0.717, 1.165) is 6.26 Å². The van der Waals surface area contributed by atoms with E-state index in [1.54, 1.807) is 12.1 Å². The highest BCUT2D eigenvalue weighted by atomic mass is 35.5. The van der Waals surface area contributed by atoms with Crippen molar-refractivity contribution in [2.24, 2.45) is 10.8 Å². The molecule has 1 aromatic carbocycles. The van der Waals surface area contributed by atoms with Gasteiger partial charge in [0, 0.05) is 16.8 Å². The number of nitrogens with zero attached hydrogens (tertiary/aromatic N) is 1. The van der Waals surface area contributed by atoms with Gasteiger partial charge in [-0.05, 0) is 24.4 Å². The molecule has 0 fully saturated rings. The van der Waals surface area contributed by atoms with Gasteiger partial charge in [0.2, 0.25) is 0 Å². The third kappa shape index (κ3) is 4.29. The number of sulfone groups is 1. The number of hydrazone groups is 1. The molecule has 3 N–H and O–H groups in total. The molecule has 0 amide bonds. The molecule has 8 heteroatoms. The Balaban J connectivity index is 3.16. The lowest BCUT2D eigenvalue weighted by molar-refractivity contribution is 0.602. The van der Waals surface area contributed by atoms with Crippen LogP contribution in [-0.4, -0.2) is 26.0 Å². The van der Waals surface area contributed by atoms with E-state index in [-0.39, 0.29) is 10.0 Å². The van der Waals surface area contributed by atoms with Crippen molar-refractivity contribution in [3.05, 3.63) is 28.8 Å². The first-order chi connectivity index (χ1) is 7.80. The lowest BCUT2D eigenvalue weighted by Gasteiger charge is -2.04. The Morgan fingerprint density at radius 3 is 2.76 bits per heavy atom. The lowest BCUT2D eigenvalue weighted by Crippen LogP contribution is -2.24. The van der Waals surface area contributed by atoms with Crippen molar-refractivity contribution in [3.63, 3.8) is 0 Å². The number of hydrogen-bond acceptors (Lipinski definition) is 4. The highest BCUT2D eigenvalue weighted by Gasteiger charge is 2.12. The Labute approximate surface area is 110 Å². The topological polar surface area (TPSA) is 84.5 Å². The van der Waals surface area contributed by atoms with Gasteiger partial charge >= 0.3 is 0 Å². The van der Waals surface area contributed by atoms with Gasteiger partial charge in [0.1, 0.15) is 0 Å². The standard InChI is InChI=1S/C9H10ClN3O2S2/c1-17(14,15)8-4-7(10)3-2-6(8)5-12-13-9(11)16/h2-5H,1H3,(H3,11,13,16). The zero-order valence-electron chi connectivity index (χ0n) is 8.84. The molecule has 92 valence electrons. The first-order valence-electron chi connectivity index (χ1n) is 4.39. The third-order valence-corrected chi connectivity index (χ3v) is 3.23. The maximum atomic E-state index is 11.5. The van der Waals surface area contributed by atoms with Gasteiger partial charge in [0.15, 0.2) is 14.9 Å². The number of nitrogens with two attached hydrogens (primary N) is 1. The van der Waals surface area contributed by atoms with Crippen LogP contribution in [0.1, 0.15) is 5.56 Å². The van der Waals surface area contributed by atoms with Gasteiger partial charge in [-0.1, -0.05) is 17.7 Å². The van der Waals surface area contributed by atoms with Crippen molar-refractivity contribution in [2.75, 3.05) is 6.26 Å². The predicted octanol–water partition coefficient (Wildman–Crippen LogP) is 0.911. The highest BCUT2D eigenvalue weighted by Crippen LogP contribution is 2.19. The molecular formula is C9H10ClN3O2S2. The molecule has 0 aliphatic carbocycles. The lowest BCUT2D eigenvalue weighted by atomic mass is 10.2. The summed E-state index contributed by atoms with van der Waals surface area (Å²) in [5, 5.41) is 4.03. The summed E-state index contributed by atoms with van der Waals surface area (Å²) in [5.41, 5.74) is 7.91. The Hall–Kier alpha value is -1.18. The van der Waals surface area contributed by atoms with Crippen LogP contribution in [0.15, 0.2) is 28.2 Å². The van der Waals surface area contributed by atoms with Crippen molar-refractivity contribution in [3.8, 4) is 0 Å². The zero-order valence-corrected chi connectivity index (χ0v) is 11.2. The van der Waals surface area contributed by atoms with Gasteiger partial charge in [0.05, 0.1) is 11.1 Å². The molecule has 0 radical (unpaired) electrons. The molecular weight excluding hydrogens is 282 g/mol. The van der Waals surface area contributed by atoms with Gasteiger partial charge in [-0.15, -0.1) is 0 Å². The molecule has 0 aliphatic rings. The van der Waals surface area contributed by atoms with Crippen molar-refractivity contribution < 1.29 is 8.42 Å². The summed E-state index contributed by atoms with van der Waals surface area (Å²) in [7, 11) is -3.37. The van der Waals surface area contributed by atoms with E-state index in [9.17, 15) is 8.42 Å². The van der Waals surface area contributed by atoms with E-state index < -0.39 is 9.84 Å². The van der Waals surface area contributed by atoms with Crippen LogP contribution in [0.3, 0.4) is 0 Å². The molecule has 0 saturated carbocycles. The molecule has 17 heavy (non-hydrogen) atoms. The van der Waals surface area contributed by atoms with Gasteiger partial charge in [-0.2, -0.15) is 5.10 Å². The third-order valence-electron chi connectivity index (χ3n) is 1.75. The molecule has 0 saturated heterocycles. The van der Waals surface area contributed by atoms with Crippen LogP contribution in [0, 0.1) is 0 Å². The summed E-state index contributed by atoms with van der Waals surface area (Å²) in [6, 6.07) is 4.47. The summed E-state index contributed by atoms with van der Waals surface area (Å²) >= 11 is 10.3. The summed E-state index contributed by atoms with van der Waals surface area (Å²) in [5.74, 6) is 0. The van der Waals surface area contributed by atoms with Gasteiger partial charge < -0.3 is 5.73 Å². The minimum atomic E-state index is -3.37. The Bertz CT molecular complexity index is 570. The number of nitrogens with one attached hydrogen (secondary N) is 1. The molecule has 0 bridgehead atoms. The second-order valence-electron chi connectivity index (χ2n) is 3.19. The van der Waals surface area contributed by atoms with E-state index in [1.165, 1.54) is 12.3 Å². The minimum absolute atomic E-state index is 0.00359. The fourth-order valence-corrected chi connectivity index (χ4v) is 2.28. The maximum absolute atomic E-state index is 11.5. The summed E-state index contributed by atoms with van der Waals surface area (Å²) in [6.07, 6.45) is 2.41. The zero-order chi connectivity index (χ0) is 13.1. The van der Waals surface area contributed by atoms with Crippen LogP contribution in [0.25, 0.3) is 0 Å². The van der Waals surface area contributed by atoms with E-state index in [1.807, 2.05) is 0 Å². The molecule has 5 nitrogen and oxygen atoms in total. The van der Waals surface area contributed by atoms with Crippen LogP contribution >= 0.6 is 23.8 Å². The quantitative estimate of drug-likeness (QED) is 0.491. The van der Waals surface area contributed by atoms with Crippen molar-refractivity contribution >= 4 is 45.0 Å². The number of rotatable bonds is 3. The minimum Gasteiger partial charge on any atom is -0.375 e. The Morgan fingerprint density at radius 1 is 1.59 bits per heavy atom. The van der Waals surface area contributed by atoms with Crippen LogP contribution < -0.4 is 11.2 Å². The number of hydrogen-bond donors (Lipinski definition) is 2. The Kier molecular flexibility index (Phi) is 4.44. The number of halogens is 1.